The van der Waals surface area contributed by atoms with E-state index in [-0.39, 0.29) is 5.91 Å². The van der Waals surface area contributed by atoms with Crippen molar-refractivity contribution in [2.24, 2.45) is 0 Å². The van der Waals surface area contributed by atoms with E-state index in [9.17, 15) is 4.79 Å². The van der Waals surface area contributed by atoms with Gasteiger partial charge in [0, 0.05) is 16.5 Å². The minimum atomic E-state index is 0.103. The molecule has 110 valence electrons. The average molecular weight is 313 g/mol. The minimum absolute atomic E-state index is 0.103. The molecule has 0 atom stereocenters. The Kier molecular flexibility index (Phi) is 6.70. The Labute approximate surface area is 130 Å². The molecule has 0 saturated carbocycles. The fourth-order valence-corrected chi connectivity index (χ4v) is 3.12. The number of hydrogen-bond acceptors (Lipinski definition) is 3. The summed E-state index contributed by atoms with van der Waals surface area (Å²) in [5, 5.41) is 3.70. The molecule has 1 aliphatic rings. The quantitative estimate of drug-likeness (QED) is 0.620. The first-order valence-corrected chi connectivity index (χ1v) is 8.48. The lowest BCUT2D eigenvalue weighted by molar-refractivity contribution is -0.118. The Morgan fingerprint density at radius 2 is 1.95 bits per heavy atom. The van der Waals surface area contributed by atoms with Crippen molar-refractivity contribution in [1.29, 1.82) is 0 Å². The summed E-state index contributed by atoms with van der Waals surface area (Å²) in [6.45, 7) is 4.32. The van der Waals surface area contributed by atoms with Crippen molar-refractivity contribution in [3.8, 4) is 0 Å². The second kappa shape index (κ2) is 8.55. The fraction of sp³-hybridized carbons (Fsp3) is 0.533. The molecule has 0 unspecified atom stereocenters. The van der Waals surface area contributed by atoms with Crippen molar-refractivity contribution in [2.75, 3.05) is 31.9 Å². The van der Waals surface area contributed by atoms with Gasteiger partial charge in [-0.1, -0.05) is 11.6 Å². The lowest BCUT2D eigenvalue weighted by atomic mass is 10.4. The summed E-state index contributed by atoms with van der Waals surface area (Å²) in [5.41, 5.74) is 0. The van der Waals surface area contributed by atoms with Crippen LogP contribution in [-0.4, -0.2) is 42.7 Å². The summed E-state index contributed by atoms with van der Waals surface area (Å²) in [5.74, 6) is 0.567. The molecule has 0 aliphatic carbocycles. The first-order chi connectivity index (χ1) is 9.74. The second-order valence-electron chi connectivity index (χ2n) is 4.99. The number of amides is 1. The van der Waals surface area contributed by atoms with Crippen molar-refractivity contribution >= 4 is 29.3 Å². The van der Waals surface area contributed by atoms with Gasteiger partial charge in [-0.2, -0.15) is 0 Å². The van der Waals surface area contributed by atoms with Gasteiger partial charge in [0.15, 0.2) is 0 Å². The molecule has 1 N–H and O–H groups in total. The normalized spacial score (nSPS) is 15.4. The molecule has 20 heavy (non-hydrogen) atoms. The molecule has 0 bridgehead atoms. The first kappa shape index (κ1) is 15.7. The van der Waals surface area contributed by atoms with E-state index >= 15 is 0 Å². The zero-order valence-electron chi connectivity index (χ0n) is 11.6. The highest BCUT2D eigenvalue weighted by atomic mass is 35.5. The SMILES string of the molecule is O=C(CSc1ccc(Cl)cc1)NCCCN1CCCC1. The number of thioether (sulfide) groups is 1. The Bertz CT molecular complexity index is 418. The number of likely N-dealkylation sites (tertiary alicyclic amines) is 1. The lowest BCUT2D eigenvalue weighted by Gasteiger charge is -2.14. The maximum absolute atomic E-state index is 11.7. The van der Waals surface area contributed by atoms with Crippen molar-refractivity contribution in [3.63, 3.8) is 0 Å². The summed E-state index contributed by atoms with van der Waals surface area (Å²) >= 11 is 7.36. The van der Waals surface area contributed by atoms with Gasteiger partial charge in [-0.25, -0.2) is 0 Å². The summed E-state index contributed by atoms with van der Waals surface area (Å²) in [7, 11) is 0. The zero-order valence-corrected chi connectivity index (χ0v) is 13.2. The van der Waals surface area contributed by atoms with Gasteiger partial charge in [0.05, 0.1) is 5.75 Å². The first-order valence-electron chi connectivity index (χ1n) is 7.11. The monoisotopic (exact) mass is 312 g/mol. The molecule has 2 rings (SSSR count). The number of hydrogen-bond donors (Lipinski definition) is 1. The van der Waals surface area contributed by atoms with Gasteiger partial charge >= 0.3 is 0 Å². The molecule has 0 radical (unpaired) electrons. The third kappa shape index (κ3) is 5.73. The molecular weight excluding hydrogens is 292 g/mol. The molecule has 1 saturated heterocycles. The number of benzene rings is 1. The number of nitrogens with zero attached hydrogens (tertiary/aromatic N) is 1. The lowest BCUT2D eigenvalue weighted by Crippen LogP contribution is -2.29. The van der Waals surface area contributed by atoms with E-state index < -0.39 is 0 Å². The Morgan fingerprint density at radius 3 is 2.65 bits per heavy atom. The largest absolute Gasteiger partial charge is 0.355 e. The smallest absolute Gasteiger partial charge is 0.230 e. The van der Waals surface area contributed by atoms with E-state index in [4.69, 9.17) is 11.6 Å². The zero-order chi connectivity index (χ0) is 14.2. The van der Waals surface area contributed by atoms with Crippen LogP contribution in [0.25, 0.3) is 0 Å². The number of halogens is 1. The summed E-state index contributed by atoms with van der Waals surface area (Å²) < 4.78 is 0. The van der Waals surface area contributed by atoms with Crippen LogP contribution in [0.15, 0.2) is 29.2 Å². The van der Waals surface area contributed by atoms with Crippen LogP contribution in [0.1, 0.15) is 19.3 Å². The Hall–Kier alpha value is -0.710. The molecule has 1 aromatic carbocycles. The van der Waals surface area contributed by atoms with Crippen LogP contribution in [0.3, 0.4) is 0 Å². The van der Waals surface area contributed by atoms with E-state index in [2.05, 4.69) is 10.2 Å². The van der Waals surface area contributed by atoms with Crippen LogP contribution >= 0.6 is 23.4 Å². The summed E-state index contributed by atoms with van der Waals surface area (Å²) in [6, 6.07) is 7.57. The van der Waals surface area contributed by atoms with Gasteiger partial charge in [0.2, 0.25) is 5.91 Å². The van der Waals surface area contributed by atoms with E-state index in [1.54, 1.807) is 0 Å². The van der Waals surface area contributed by atoms with Crippen molar-refractivity contribution in [3.05, 3.63) is 29.3 Å². The molecule has 0 aromatic heterocycles. The van der Waals surface area contributed by atoms with Crippen molar-refractivity contribution in [1.82, 2.24) is 10.2 Å². The molecule has 1 aromatic rings. The van der Waals surface area contributed by atoms with E-state index in [0.717, 1.165) is 29.4 Å². The molecule has 0 spiro atoms. The van der Waals surface area contributed by atoms with Crippen LogP contribution in [0.5, 0.6) is 0 Å². The van der Waals surface area contributed by atoms with Crippen molar-refractivity contribution in [2.45, 2.75) is 24.2 Å². The molecule has 1 amide bonds. The minimum Gasteiger partial charge on any atom is -0.355 e. The maximum Gasteiger partial charge on any atom is 0.230 e. The van der Waals surface area contributed by atoms with Crippen LogP contribution in [0.4, 0.5) is 0 Å². The fourth-order valence-electron chi connectivity index (χ4n) is 2.27. The average Bonchev–Trinajstić information content (AvgIpc) is 2.96. The molecule has 1 fully saturated rings. The maximum atomic E-state index is 11.7. The van der Waals surface area contributed by atoms with Crippen LogP contribution in [0, 0.1) is 0 Å². The van der Waals surface area contributed by atoms with Crippen LogP contribution in [-0.2, 0) is 4.79 Å². The predicted octanol–water partition coefficient (Wildman–Crippen LogP) is 3.03. The topological polar surface area (TPSA) is 32.3 Å². The number of rotatable bonds is 7. The summed E-state index contributed by atoms with van der Waals surface area (Å²) in [4.78, 5) is 15.2. The number of nitrogens with one attached hydrogen (secondary N) is 1. The molecular formula is C15H21ClN2OS. The van der Waals surface area contributed by atoms with Gasteiger partial charge in [-0.3, -0.25) is 4.79 Å². The molecule has 1 aliphatic heterocycles. The van der Waals surface area contributed by atoms with Gasteiger partial charge in [-0.15, -0.1) is 11.8 Å². The van der Waals surface area contributed by atoms with E-state index in [0.29, 0.717) is 5.75 Å². The third-order valence-electron chi connectivity index (χ3n) is 3.36. The number of carbonyl (C=O) groups is 1. The van der Waals surface area contributed by atoms with Crippen molar-refractivity contribution < 1.29 is 4.79 Å². The van der Waals surface area contributed by atoms with Crippen LogP contribution < -0.4 is 5.32 Å². The Balaban J connectivity index is 1.54. The third-order valence-corrected chi connectivity index (χ3v) is 4.62. The van der Waals surface area contributed by atoms with E-state index in [1.165, 1.54) is 37.7 Å². The standard InChI is InChI=1S/C15H21ClN2OS/c16-13-4-6-14(7-5-13)20-12-15(19)17-8-3-11-18-9-1-2-10-18/h4-7H,1-3,8-12H2,(H,17,19). The highest BCUT2D eigenvalue weighted by Crippen LogP contribution is 2.19. The predicted molar refractivity (Wildman–Crippen MR) is 85.5 cm³/mol. The molecule has 5 heteroatoms. The van der Waals surface area contributed by atoms with Gasteiger partial charge in [0.25, 0.3) is 0 Å². The molecule has 3 nitrogen and oxygen atoms in total. The van der Waals surface area contributed by atoms with E-state index in [1.807, 2.05) is 24.3 Å². The summed E-state index contributed by atoms with van der Waals surface area (Å²) in [6.07, 6.45) is 3.69. The highest BCUT2D eigenvalue weighted by molar-refractivity contribution is 8.00. The second-order valence-corrected chi connectivity index (χ2v) is 6.48. The Morgan fingerprint density at radius 1 is 1.25 bits per heavy atom. The van der Waals surface area contributed by atoms with Crippen LogP contribution in [0.2, 0.25) is 5.02 Å². The molecule has 1 heterocycles. The number of carbonyl (C=O) groups excluding carboxylic acids is 1. The van der Waals surface area contributed by atoms with Gasteiger partial charge in [-0.05, 0) is 63.2 Å². The van der Waals surface area contributed by atoms with Gasteiger partial charge in [0.1, 0.15) is 0 Å². The highest BCUT2D eigenvalue weighted by Gasteiger charge is 2.10. The van der Waals surface area contributed by atoms with Gasteiger partial charge < -0.3 is 10.2 Å².